The molecule has 0 unspecified atom stereocenters. The fourth-order valence-electron chi connectivity index (χ4n) is 5.69. The molecule has 6 aromatic rings. The lowest BCUT2D eigenvalue weighted by molar-refractivity contribution is 0.0991. The fraction of sp³-hybridized carbons (Fsp3) is 0.152. The molecule has 0 saturated heterocycles. The summed E-state index contributed by atoms with van der Waals surface area (Å²) in [6.07, 6.45) is 0. The summed E-state index contributed by atoms with van der Waals surface area (Å²) in [5.41, 5.74) is -0.789. The van der Waals surface area contributed by atoms with E-state index in [1.165, 1.54) is 30.3 Å². The zero-order chi connectivity index (χ0) is 49.6. The van der Waals surface area contributed by atoms with Crippen LogP contribution < -0.4 is 26.6 Å². The summed E-state index contributed by atoms with van der Waals surface area (Å²) in [6.45, 7) is -0.260. The molecule has 0 saturated carbocycles. The van der Waals surface area contributed by atoms with E-state index in [1.807, 2.05) is 0 Å². The number of rotatable bonds is 21. The molecule has 29 nitrogen and oxygen atoms in total. The van der Waals surface area contributed by atoms with Gasteiger partial charge >= 0.3 is 0 Å². The highest BCUT2D eigenvalue weighted by molar-refractivity contribution is 7.87. The van der Waals surface area contributed by atoms with Crippen molar-refractivity contribution < 1.29 is 61.7 Å². The van der Waals surface area contributed by atoms with Crippen LogP contribution in [0.25, 0.3) is 10.8 Å². The van der Waals surface area contributed by atoms with E-state index in [0.29, 0.717) is 18.2 Å². The standard InChI is InChI=1S/C33H30Cl2N14O15S4/c34-28-42-30(36-5-7-64-8-6-50)46-33(45-28)41-23-12-18(2-4-25(23)66(55,56)57)40-32-44-29(35)43-31(47-32)39-17-1-3-21(22(11-17)37-15-38-51)48-49-24-14-20-16(10-27(24)68(61,62)63)9-19(65(52,53)54)13-26(20)67(58,59)60/h1-4,9-14,37,50H,5-8,15H2,(H,52,53,54)(H,55,56,57)(H,58,59,60)(H,61,62,63)(H2,36,41,42,45,46)(H2,39,40,43,44,47). The number of fused-ring (bicyclic) bond motifs is 1. The highest BCUT2D eigenvalue weighted by atomic mass is 35.5. The summed E-state index contributed by atoms with van der Waals surface area (Å²) < 4.78 is 142. The van der Waals surface area contributed by atoms with Crippen molar-refractivity contribution >= 4 is 132 Å². The lowest BCUT2D eigenvalue weighted by Crippen LogP contribution is -2.14. The molecule has 4 aromatic carbocycles. The Morgan fingerprint density at radius 2 is 1.12 bits per heavy atom. The Morgan fingerprint density at radius 1 is 0.559 bits per heavy atom. The predicted molar refractivity (Wildman–Crippen MR) is 240 cm³/mol. The molecule has 10 N–H and O–H groups in total. The molecule has 360 valence electrons. The van der Waals surface area contributed by atoms with Crippen LogP contribution in [-0.2, 0) is 45.2 Å². The van der Waals surface area contributed by atoms with E-state index >= 15 is 0 Å². The quantitative estimate of drug-likeness (QED) is 0.0202. The first-order chi connectivity index (χ1) is 31.9. The fourth-order valence-corrected chi connectivity index (χ4v) is 8.63. The van der Waals surface area contributed by atoms with Crippen LogP contribution in [0.1, 0.15) is 0 Å². The second kappa shape index (κ2) is 20.8. The van der Waals surface area contributed by atoms with Crippen LogP contribution >= 0.6 is 23.2 Å². The van der Waals surface area contributed by atoms with Gasteiger partial charge in [0.2, 0.25) is 34.4 Å². The van der Waals surface area contributed by atoms with Crippen LogP contribution in [-0.4, -0.2) is 120 Å². The molecule has 6 rings (SSSR count). The van der Waals surface area contributed by atoms with Crippen molar-refractivity contribution in [3.8, 4) is 0 Å². The van der Waals surface area contributed by atoms with Gasteiger partial charge in [-0.25, -0.2) is 0 Å². The third-order valence-electron chi connectivity index (χ3n) is 8.42. The number of aromatic nitrogens is 6. The van der Waals surface area contributed by atoms with E-state index in [9.17, 15) is 56.8 Å². The number of anilines is 8. The van der Waals surface area contributed by atoms with Crippen LogP contribution in [0.3, 0.4) is 0 Å². The maximum atomic E-state index is 12.4. The summed E-state index contributed by atoms with van der Waals surface area (Å²) in [5, 5.41) is 31.6. The monoisotopic (exact) mass is 1060 g/mol. The first-order valence-electron chi connectivity index (χ1n) is 18.2. The van der Waals surface area contributed by atoms with E-state index in [4.69, 9.17) is 33.0 Å². The van der Waals surface area contributed by atoms with Crippen LogP contribution in [0.2, 0.25) is 10.6 Å². The Morgan fingerprint density at radius 3 is 1.71 bits per heavy atom. The van der Waals surface area contributed by atoms with Crippen LogP contribution in [0.5, 0.6) is 0 Å². The molecule has 0 spiro atoms. The molecular formula is C33H30Cl2N14O15S4. The Balaban J connectivity index is 1.29. The average molecular weight is 1060 g/mol. The molecule has 0 radical (unpaired) electrons. The van der Waals surface area contributed by atoms with Gasteiger partial charge in [-0.15, -0.1) is 15.1 Å². The van der Waals surface area contributed by atoms with Crippen LogP contribution in [0.15, 0.2) is 95.7 Å². The lowest BCUT2D eigenvalue weighted by atomic mass is 10.1. The highest BCUT2D eigenvalue weighted by Crippen LogP contribution is 2.38. The van der Waals surface area contributed by atoms with Crippen molar-refractivity contribution in [3.05, 3.63) is 76.1 Å². The molecule has 0 amide bonds. The molecule has 0 fully saturated rings. The molecule has 0 aliphatic carbocycles. The first-order valence-corrected chi connectivity index (χ1v) is 24.7. The molecule has 68 heavy (non-hydrogen) atoms. The minimum atomic E-state index is -5.23. The van der Waals surface area contributed by atoms with Gasteiger partial charge in [0, 0.05) is 23.3 Å². The van der Waals surface area contributed by atoms with Gasteiger partial charge in [-0.2, -0.15) is 63.6 Å². The Kier molecular flexibility index (Phi) is 15.6. The van der Waals surface area contributed by atoms with Gasteiger partial charge in [0.1, 0.15) is 32.7 Å². The summed E-state index contributed by atoms with van der Waals surface area (Å²) in [4.78, 5) is 31.7. The maximum Gasteiger partial charge on any atom is 0.296 e. The number of benzene rings is 4. The molecule has 0 aliphatic heterocycles. The largest absolute Gasteiger partial charge is 0.394 e. The van der Waals surface area contributed by atoms with Crippen molar-refractivity contribution in [1.82, 2.24) is 29.9 Å². The minimum absolute atomic E-state index is 0.00384. The number of aliphatic hydroxyl groups excluding tert-OH is 1. The van der Waals surface area contributed by atoms with Crippen LogP contribution in [0.4, 0.5) is 57.9 Å². The average Bonchev–Trinajstić information content (AvgIpc) is 3.22. The number of azo groups is 1. The van der Waals surface area contributed by atoms with E-state index in [2.05, 4.69) is 71.9 Å². The predicted octanol–water partition coefficient (Wildman–Crippen LogP) is 4.71. The number of halogens is 2. The zero-order valence-corrected chi connectivity index (χ0v) is 38.3. The van der Waals surface area contributed by atoms with Gasteiger partial charge in [-0.3, -0.25) is 18.2 Å². The van der Waals surface area contributed by atoms with Gasteiger partial charge in [0.05, 0.1) is 36.1 Å². The molecule has 0 atom stereocenters. The number of nitrogens with zero attached hydrogens (tertiary/aromatic N) is 9. The van der Waals surface area contributed by atoms with Crippen molar-refractivity contribution in [2.45, 2.75) is 19.6 Å². The summed E-state index contributed by atoms with van der Waals surface area (Å²) in [7, 11) is -20.4. The Labute approximate surface area is 392 Å². The van der Waals surface area contributed by atoms with Gasteiger partial charge in [0.25, 0.3) is 40.5 Å². The normalized spacial score (nSPS) is 12.3. The van der Waals surface area contributed by atoms with E-state index in [0.717, 1.165) is 12.1 Å². The number of hydrogen-bond acceptors (Lipinski definition) is 25. The smallest absolute Gasteiger partial charge is 0.296 e. The minimum Gasteiger partial charge on any atom is -0.394 e. The number of nitroso groups, excluding NO2 is 1. The second-order valence-electron chi connectivity index (χ2n) is 13.1. The lowest BCUT2D eigenvalue weighted by Gasteiger charge is -2.14. The van der Waals surface area contributed by atoms with Crippen molar-refractivity contribution in [2.24, 2.45) is 15.4 Å². The molecule has 0 bridgehead atoms. The van der Waals surface area contributed by atoms with Crippen LogP contribution in [0, 0.1) is 4.91 Å². The summed E-state index contributed by atoms with van der Waals surface area (Å²) in [6, 6.07) is 9.93. The molecule has 35 heteroatoms. The van der Waals surface area contributed by atoms with Gasteiger partial charge in [-0.1, -0.05) is 0 Å². The van der Waals surface area contributed by atoms with Crippen molar-refractivity contribution in [1.29, 1.82) is 0 Å². The number of aliphatic hydroxyl groups is 1. The number of nitrogens with one attached hydrogen (secondary N) is 5. The van der Waals surface area contributed by atoms with Crippen molar-refractivity contribution in [2.75, 3.05) is 59.6 Å². The second-order valence-corrected chi connectivity index (χ2v) is 19.4. The van der Waals surface area contributed by atoms with Gasteiger partial charge < -0.3 is 36.4 Å². The van der Waals surface area contributed by atoms with Gasteiger partial charge in [-0.05, 0) is 94.4 Å². The Bertz CT molecular complexity index is 3430. The van der Waals surface area contributed by atoms with E-state index in [-0.39, 0.29) is 89.2 Å². The maximum absolute atomic E-state index is 12.4. The third-order valence-corrected chi connectivity index (χ3v) is 12.3. The zero-order valence-electron chi connectivity index (χ0n) is 33.5. The number of ether oxygens (including phenoxy) is 1. The Hall–Kier alpha value is -6.50. The topological polar surface area (TPSA) is 439 Å². The van der Waals surface area contributed by atoms with E-state index in [1.54, 1.807) is 0 Å². The van der Waals surface area contributed by atoms with Gasteiger partial charge in [0.15, 0.2) is 0 Å². The summed E-state index contributed by atoms with van der Waals surface area (Å²) in [5.74, 6) is -0.670. The first kappa shape index (κ1) is 50.9. The summed E-state index contributed by atoms with van der Waals surface area (Å²) >= 11 is 12.3. The third kappa shape index (κ3) is 13.4. The molecule has 2 heterocycles. The SMILES string of the molecule is O=NCNc1cc(Nc2nc(Cl)nc(Nc3ccc(S(=O)(=O)O)c(Nc4nc(Cl)nc(NCCOCCO)n4)c3)n2)ccc1N=Nc1cc2c(S(=O)(=O)O)cc(S(=O)(=O)O)cc2cc1S(=O)(=O)O. The molecular weight excluding hydrogens is 1030 g/mol. The highest BCUT2D eigenvalue weighted by Gasteiger charge is 2.25. The molecule has 0 aliphatic rings. The molecule has 2 aromatic heterocycles. The number of hydrogen-bond donors (Lipinski definition) is 10. The van der Waals surface area contributed by atoms with E-state index < -0.39 is 83.2 Å². The van der Waals surface area contributed by atoms with Crippen molar-refractivity contribution in [3.63, 3.8) is 0 Å².